The summed E-state index contributed by atoms with van der Waals surface area (Å²) in [5, 5.41) is 2.24. The Morgan fingerprint density at radius 1 is 0.625 bits per heavy atom. The molecule has 0 unspecified atom stereocenters. The minimum atomic E-state index is 0.881. The Hall–Kier alpha value is -3.76. The molecule has 3 heterocycles. The standard InChI is InChI=1S/C28H17BrN2O/c29-25-16-22(15-24-23-3-1-2-4-27(23)32-28(24)25)19-7-5-18(6-8-19)21-9-10-26(31-17-21)20-11-13-30-14-12-20/h1-17H. The number of rotatable bonds is 3. The van der Waals surface area contributed by atoms with Crippen LogP contribution in [0.5, 0.6) is 0 Å². The minimum absolute atomic E-state index is 0.881. The van der Waals surface area contributed by atoms with Crippen molar-refractivity contribution in [1.29, 1.82) is 0 Å². The molecule has 0 aliphatic carbocycles. The van der Waals surface area contributed by atoms with Gasteiger partial charge in [0.05, 0.1) is 10.2 Å². The molecule has 6 rings (SSSR count). The molecule has 32 heavy (non-hydrogen) atoms. The van der Waals surface area contributed by atoms with E-state index >= 15 is 0 Å². The van der Waals surface area contributed by atoms with Gasteiger partial charge in [-0.25, -0.2) is 0 Å². The van der Waals surface area contributed by atoms with Crippen LogP contribution in [0.3, 0.4) is 0 Å². The zero-order valence-corrected chi connectivity index (χ0v) is 18.6. The molecule has 0 fully saturated rings. The van der Waals surface area contributed by atoms with Crippen LogP contribution in [-0.4, -0.2) is 9.97 Å². The van der Waals surface area contributed by atoms with Crippen molar-refractivity contribution in [1.82, 2.24) is 9.97 Å². The highest BCUT2D eigenvalue weighted by Gasteiger charge is 2.12. The number of fused-ring (bicyclic) bond motifs is 3. The van der Waals surface area contributed by atoms with Crippen LogP contribution in [0.1, 0.15) is 0 Å². The van der Waals surface area contributed by atoms with Crippen molar-refractivity contribution in [3.8, 4) is 33.5 Å². The molecule has 0 spiro atoms. The predicted octanol–water partition coefficient (Wildman–Crippen LogP) is 8.14. The summed E-state index contributed by atoms with van der Waals surface area (Å²) in [5.74, 6) is 0. The molecular formula is C28H17BrN2O. The highest BCUT2D eigenvalue weighted by molar-refractivity contribution is 9.10. The van der Waals surface area contributed by atoms with Gasteiger partial charge in [0.15, 0.2) is 0 Å². The number of hydrogen-bond donors (Lipinski definition) is 0. The van der Waals surface area contributed by atoms with Gasteiger partial charge in [-0.05, 0) is 69.0 Å². The number of halogens is 1. The first kappa shape index (κ1) is 19.0. The van der Waals surface area contributed by atoms with E-state index in [4.69, 9.17) is 4.42 Å². The van der Waals surface area contributed by atoms with E-state index in [1.165, 1.54) is 0 Å². The van der Waals surface area contributed by atoms with Crippen LogP contribution in [0.2, 0.25) is 0 Å². The Morgan fingerprint density at radius 2 is 1.34 bits per heavy atom. The second-order valence-electron chi connectivity index (χ2n) is 7.68. The van der Waals surface area contributed by atoms with Gasteiger partial charge in [-0.3, -0.25) is 9.97 Å². The van der Waals surface area contributed by atoms with Crippen LogP contribution in [0.4, 0.5) is 0 Å². The van der Waals surface area contributed by atoms with Gasteiger partial charge < -0.3 is 4.42 Å². The van der Waals surface area contributed by atoms with Crippen LogP contribution in [0.25, 0.3) is 55.4 Å². The maximum atomic E-state index is 6.04. The predicted molar refractivity (Wildman–Crippen MR) is 133 cm³/mol. The van der Waals surface area contributed by atoms with E-state index in [2.05, 4.69) is 74.4 Å². The SMILES string of the molecule is Brc1cc(-c2ccc(-c3ccc(-c4ccncc4)nc3)cc2)cc2c1oc1ccccc12. The lowest BCUT2D eigenvalue weighted by Crippen LogP contribution is -1.86. The van der Waals surface area contributed by atoms with Crippen molar-refractivity contribution in [3.63, 3.8) is 0 Å². The fourth-order valence-corrected chi connectivity index (χ4v) is 4.61. The lowest BCUT2D eigenvalue weighted by molar-refractivity contribution is 0.667. The molecular weight excluding hydrogens is 460 g/mol. The van der Waals surface area contributed by atoms with Crippen LogP contribution in [-0.2, 0) is 0 Å². The Balaban J connectivity index is 1.34. The van der Waals surface area contributed by atoms with Crippen LogP contribution in [0, 0.1) is 0 Å². The molecule has 152 valence electrons. The van der Waals surface area contributed by atoms with E-state index in [1.807, 2.05) is 42.6 Å². The molecule has 0 radical (unpaired) electrons. The van der Waals surface area contributed by atoms with Crippen molar-refractivity contribution < 1.29 is 4.42 Å². The molecule has 6 aromatic rings. The van der Waals surface area contributed by atoms with E-state index in [0.717, 1.165) is 59.9 Å². The molecule has 4 heteroatoms. The molecule has 0 amide bonds. The van der Waals surface area contributed by atoms with Crippen molar-refractivity contribution in [2.24, 2.45) is 0 Å². The van der Waals surface area contributed by atoms with Crippen LogP contribution < -0.4 is 0 Å². The number of furan rings is 1. The number of benzene rings is 3. The van der Waals surface area contributed by atoms with Gasteiger partial charge in [0, 0.05) is 40.5 Å². The lowest BCUT2D eigenvalue weighted by atomic mass is 9.99. The average molecular weight is 477 g/mol. The summed E-state index contributed by atoms with van der Waals surface area (Å²) in [4.78, 5) is 8.70. The summed E-state index contributed by atoms with van der Waals surface area (Å²) in [6.07, 6.45) is 5.49. The number of para-hydroxylation sites is 1. The molecule has 3 aromatic carbocycles. The van der Waals surface area contributed by atoms with Crippen molar-refractivity contribution >= 4 is 37.9 Å². The van der Waals surface area contributed by atoms with Crippen molar-refractivity contribution in [3.05, 3.63) is 108 Å². The lowest BCUT2D eigenvalue weighted by Gasteiger charge is -2.07. The third-order valence-electron chi connectivity index (χ3n) is 5.72. The summed E-state index contributed by atoms with van der Waals surface area (Å²) in [7, 11) is 0. The fourth-order valence-electron chi connectivity index (χ4n) is 4.07. The third-order valence-corrected chi connectivity index (χ3v) is 6.31. The maximum Gasteiger partial charge on any atom is 0.149 e. The number of pyridine rings is 2. The Bertz CT molecular complexity index is 1550. The van der Waals surface area contributed by atoms with E-state index in [1.54, 1.807) is 12.4 Å². The minimum Gasteiger partial charge on any atom is -0.455 e. The summed E-state index contributed by atoms with van der Waals surface area (Å²) in [6.45, 7) is 0. The molecule has 0 N–H and O–H groups in total. The van der Waals surface area contributed by atoms with Gasteiger partial charge in [-0.15, -0.1) is 0 Å². The fraction of sp³-hybridized carbons (Fsp3) is 0. The largest absolute Gasteiger partial charge is 0.455 e. The smallest absolute Gasteiger partial charge is 0.149 e. The highest BCUT2D eigenvalue weighted by Crippen LogP contribution is 2.37. The average Bonchev–Trinajstić information content (AvgIpc) is 3.24. The Morgan fingerprint density at radius 3 is 2.09 bits per heavy atom. The first-order chi connectivity index (χ1) is 15.8. The molecule has 3 aromatic heterocycles. The summed E-state index contributed by atoms with van der Waals surface area (Å²) < 4.78 is 6.99. The molecule has 0 atom stereocenters. The normalized spacial score (nSPS) is 11.3. The van der Waals surface area contributed by atoms with E-state index in [0.29, 0.717) is 0 Å². The molecule has 0 aliphatic rings. The quantitative estimate of drug-likeness (QED) is 0.258. The Labute approximate surface area is 193 Å². The molecule has 0 bridgehead atoms. The zero-order valence-electron chi connectivity index (χ0n) is 17.0. The van der Waals surface area contributed by atoms with Crippen molar-refractivity contribution in [2.45, 2.75) is 0 Å². The van der Waals surface area contributed by atoms with Gasteiger partial charge in [0.25, 0.3) is 0 Å². The number of hydrogen-bond acceptors (Lipinski definition) is 3. The second-order valence-corrected chi connectivity index (χ2v) is 8.53. The molecule has 0 saturated carbocycles. The second kappa shape index (κ2) is 7.74. The highest BCUT2D eigenvalue weighted by atomic mass is 79.9. The van der Waals surface area contributed by atoms with Crippen LogP contribution >= 0.6 is 15.9 Å². The van der Waals surface area contributed by atoms with Crippen molar-refractivity contribution in [2.75, 3.05) is 0 Å². The van der Waals surface area contributed by atoms with Gasteiger partial charge in [-0.1, -0.05) is 48.5 Å². The van der Waals surface area contributed by atoms with Crippen LogP contribution in [0.15, 0.2) is 112 Å². The van der Waals surface area contributed by atoms with Gasteiger partial charge in [-0.2, -0.15) is 0 Å². The topological polar surface area (TPSA) is 38.9 Å². The Kier molecular flexibility index (Phi) is 4.58. The van der Waals surface area contributed by atoms with E-state index in [9.17, 15) is 0 Å². The molecule has 3 nitrogen and oxygen atoms in total. The summed E-state index contributed by atoms with van der Waals surface area (Å²) >= 11 is 3.69. The van der Waals surface area contributed by atoms with E-state index in [-0.39, 0.29) is 0 Å². The first-order valence-corrected chi connectivity index (χ1v) is 11.1. The summed E-state index contributed by atoms with van der Waals surface area (Å²) in [6, 6.07) is 29.1. The summed E-state index contributed by atoms with van der Waals surface area (Å²) in [5.41, 5.74) is 8.32. The first-order valence-electron chi connectivity index (χ1n) is 10.3. The maximum absolute atomic E-state index is 6.04. The monoisotopic (exact) mass is 476 g/mol. The number of aromatic nitrogens is 2. The van der Waals surface area contributed by atoms with Gasteiger partial charge in [0.2, 0.25) is 0 Å². The van der Waals surface area contributed by atoms with Gasteiger partial charge >= 0.3 is 0 Å². The van der Waals surface area contributed by atoms with E-state index < -0.39 is 0 Å². The zero-order chi connectivity index (χ0) is 21.5. The van der Waals surface area contributed by atoms with Gasteiger partial charge in [0.1, 0.15) is 11.2 Å². The number of nitrogens with zero attached hydrogens (tertiary/aromatic N) is 2. The molecule has 0 aliphatic heterocycles. The third kappa shape index (κ3) is 3.29. The molecule has 0 saturated heterocycles.